The van der Waals surface area contributed by atoms with Crippen LogP contribution in [0.25, 0.3) is 11.3 Å². The van der Waals surface area contributed by atoms with E-state index in [1.807, 2.05) is 78.3 Å². The lowest BCUT2D eigenvalue weighted by atomic mass is 9.69. The predicted molar refractivity (Wildman–Crippen MR) is 155 cm³/mol. The van der Waals surface area contributed by atoms with E-state index in [4.69, 9.17) is 14.8 Å². The van der Waals surface area contributed by atoms with Crippen molar-refractivity contribution in [3.63, 3.8) is 0 Å². The molecule has 9 heteroatoms. The van der Waals surface area contributed by atoms with E-state index < -0.39 is 18.0 Å². The molecule has 1 aliphatic carbocycles. The molecular weight excluding hydrogens is 516 g/mol. The number of aliphatic imine (C=N–C) groups is 1. The molecule has 0 bridgehead atoms. The number of aromatic nitrogens is 3. The van der Waals surface area contributed by atoms with Gasteiger partial charge in [0.1, 0.15) is 11.3 Å². The Balaban J connectivity index is 1.28. The molecule has 2 N–H and O–H groups in total. The lowest BCUT2D eigenvalue weighted by molar-refractivity contribution is -0.117. The minimum atomic E-state index is -1.17. The highest BCUT2D eigenvalue weighted by Gasteiger charge is 2.44. The Kier molecular flexibility index (Phi) is 6.14. The molecule has 1 spiro atoms. The number of anilines is 1. The molecule has 2 aliphatic heterocycles. The van der Waals surface area contributed by atoms with Crippen molar-refractivity contribution in [2.75, 3.05) is 11.9 Å². The summed E-state index contributed by atoms with van der Waals surface area (Å²) in [7, 11) is 0. The van der Waals surface area contributed by atoms with Crippen molar-refractivity contribution < 1.29 is 14.3 Å². The number of hydrogen-bond donors (Lipinski definition) is 2. The number of nitrogens with one attached hydrogen (secondary N) is 2. The second-order valence-corrected chi connectivity index (χ2v) is 11.0. The number of benzene rings is 2. The van der Waals surface area contributed by atoms with E-state index in [0.717, 1.165) is 36.1 Å². The number of carbonyl (C=O) groups is 2. The maximum absolute atomic E-state index is 14.1. The van der Waals surface area contributed by atoms with Crippen molar-refractivity contribution in [2.45, 2.75) is 45.3 Å². The number of ether oxygens (including phenoxy) is 1. The fourth-order valence-corrected chi connectivity index (χ4v) is 5.82. The first-order chi connectivity index (χ1) is 20.0. The summed E-state index contributed by atoms with van der Waals surface area (Å²) in [4.78, 5) is 36.8. The molecule has 0 unspecified atom stereocenters. The maximum Gasteiger partial charge on any atom is 0.269 e. The van der Waals surface area contributed by atoms with Gasteiger partial charge in [-0.05, 0) is 37.5 Å². The average Bonchev–Trinajstić information content (AvgIpc) is 3.31. The van der Waals surface area contributed by atoms with Gasteiger partial charge in [0.05, 0.1) is 24.6 Å². The minimum Gasteiger partial charge on any atom is -0.477 e. The van der Waals surface area contributed by atoms with Crippen LogP contribution in [0, 0.1) is 5.41 Å². The molecule has 7 rings (SSSR count). The van der Waals surface area contributed by atoms with Gasteiger partial charge in [-0.25, -0.2) is 9.67 Å². The summed E-state index contributed by atoms with van der Waals surface area (Å²) in [5.41, 5.74) is 5.37. The molecule has 3 aliphatic rings. The summed E-state index contributed by atoms with van der Waals surface area (Å²) in [5.74, 6) is -0.491. The molecule has 1 atom stereocenters. The van der Waals surface area contributed by atoms with E-state index in [1.165, 1.54) is 6.42 Å². The van der Waals surface area contributed by atoms with Crippen LogP contribution in [0.3, 0.4) is 0 Å². The SMILES string of the molecule is CCc1ccc(-c2nn3c(c2C(=O)N[C@H]2N=C(c4ccccc4)c4ccccc4NC2=O)OCC2(CCC2)C3)cn1. The fraction of sp³-hybridized carbons (Fsp3) is 0.281. The zero-order valence-electron chi connectivity index (χ0n) is 22.8. The van der Waals surface area contributed by atoms with Crippen molar-refractivity contribution in [1.82, 2.24) is 20.1 Å². The first kappa shape index (κ1) is 25.2. The Labute approximate surface area is 237 Å². The Morgan fingerprint density at radius 2 is 1.88 bits per heavy atom. The number of fused-ring (bicyclic) bond motifs is 2. The highest BCUT2D eigenvalue weighted by molar-refractivity contribution is 6.20. The number of rotatable bonds is 5. The van der Waals surface area contributed by atoms with Crippen LogP contribution in [0.1, 0.15) is 53.4 Å². The normalized spacial score (nSPS) is 18.6. The third-order valence-corrected chi connectivity index (χ3v) is 8.27. The van der Waals surface area contributed by atoms with Gasteiger partial charge in [-0.1, -0.05) is 61.9 Å². The highest BCUT2D eigenvalue weighted by atomic mass is 16.5. The molecule has 1 fully saturated rings. The number of amides is 2. The molecule has 0 radical (unpaired) electrons. The molecule has 4 aromatic rings. The van der Waals surface area contributed by atoms with Gasteiger partial charge in [-0.15, -0.1) is 0 Å². The quantitative estimate of drug-likeness (QED) is 0.380. The lowest BCUT2D eigenvalue weighted by Gasteiger charge is -2.44. The molecule has 2 aromatic heterocycles. The van der Waals surface area contributed by atoms with Crippen LogP contribution in [0.4, 0.5) is 5.69 Å². The van der Waals surface area contributed by atoms with Crippen LogP contribution < -0.4 is 15.4 Å². The van der Waals surface area contributed by atoms with Gasteiger partial charge < -0.3 is 15.4 Å². The summed E-state index contributed by atoms with van der Waals surface area (Å²) in [6.45, 7) is 3.28. The van der Waals surface area contributed by atoms with E-state index in [9.17, 15) is 9.59 Å². The highest BCUT2D eigenvalue weighted by Crippen LogP contribution is 2.47. The predicted octanol–water partition coefficient (Wildman–Crippen LogP) is 4.62. The summed E-state index contributed by atoms with van der Waals surface area (Å²) in [6, 6.07) is 21.0. The van der Waals surface area contributed by atoms with Gasteiger partial charge >= 0.3 is 0 Å². The van der Waals surface area contributed by atoms with E-state index in [-0.39, 0.29) is 11.0 Å². The smallest absolute Gasteiger partial charge is 0.269 e. The molecule has 1 saturated carbocycles. The number of para-hydroxylation sites is 1. The lowest BCUT2D eigenvalue weighted by Crippen LogP contribution is -2.44. The van der Waals surface area contributed by atoms with Gasteiger partial charge in [-0.3, -0.25) is 14.6 Å². The van der Waals surface area contributed by atoms with Gasteiger partial charge in [0.15, 0.2) is 0 Å². The number of aryl methyl sites for hydroxylation is 1. The Morgan fingerprint density at radius 3 is 2.61 bits per heavy atom. The van der Waals surface area contributed by atoms with Crippen molar-refractivity contribution in [3.05, 3.63) is 95.3 Å². The first-order valence-corrected chi connectivity index (χ1v) is 14.1. The van der Waals surface area contributed by atoms with E-state index >= 15 is 0 Å². The monoisotopic (exact) mass is 546 g/mol. The number of benzodiazepines with no additional fused rings is 1. The number of carbonyl (C=O) groups excluding carboxylic acids is 2. The van der Waals surface area contributed by atoms with Crippen LogP contribution in [0.2, 0.25) is 0 Å². The van der Waals surface area contributed by atoms with Gasteiger partial charge in [0.25, 0.3) is 11.8 Å². The van der Waals surface area contributed by atoms with Crippen LogP contribution in [0.5, 0.6) is 5.88 Å². The Bertz CT molecular complexity index is 1670. The minimum absolute atomic E-state index is 0.0657. The summed E-state index contributed by atoms with van der Waals surface area (Å²) in [6.07, 6.45) is 4.70. The van der Waals surface area contributed by atoms with Crippen molar-refractivity contribution in [1.29, 1.82) is 0 Å². The third-order valence-electron chi connectivity index (χ3n) is 8.27. The second kappa shape index (κ2) is 9.99. The first-order valence-electron chi connectivity index (χ1n) is 14.1. The third kappa shape index (κ3) is 4.47. The molecule has 0 saturated heterocycles. The number of hydrogen-bond acceptors (Lipinski definition) is 6. The van der Waals surface area contributed by atoms with Crippen LogP contribution in [0.15, 0.2) is 77.9 Å². The van der Waals surface area contributed by atoms with Gasteiger partial charge in [0.2, 0.25) is 12.0 Å². The molecule has 206 valence electrons. The van der Waals surface area contributed by atoms with Crippen LogP contribution in [-0.4, -0.2) is 45.1 Å². The number of pyridine rings is 1. The fourth-order valence-electron chi connectivity index (χ4n) is 5.82. The van der Waals surface area contributed by atoms with Crippen molar-refractivity contribution >= 4 is 23.2 Å². The Hall–Kier alpha value is -4.79. The van der Waals surface area contributed by atoms with Gasteiger partial charge in [-0.2, -0.15) is 5.10 Å². The van der Waals surface area contributed by atoms with E-state index in [2.05, 4.69) is 15.6 Å². The molecule has 2 aromatic carbocycles. The van der Waals surface area contributed by atoms with E-state index in [1.54, 1.807) is 6.20 Å². The zero-order chi connectivity index (χ0) is 28.0. The summed E-state index contributed by atoms with van der Waals surface area (Å²) < 4.78 is 8.05. The van der Waals surface area contributed by atoms with Crippen molar-refractivity contribution in [2.24, 2.45) is 10.4 Å². The summed E-state index contributed by atoms with van der Waals surface area (Å²) >= 11 is 0. The van der Waals surface area contributed by atoms with Crippen molar-refractivity contribution in [3.8, 4) is 17.1 Å². The van der Waals surface area contributed by atoms with Crippen LogP contribution in [-0.2, 0) is 17.8 Å². The Morgan fingerprint density at radius 1 is 1.07 bits per heavy atom. The molecule has 2 amide bonds. The second-order valence-electron chi connectivity index (χ2n) is 11.0. The average molecular weight is 547 g/mol. The topological polar surface area (TPSA) is 110 Å². The molecular formula is C32H30N6O3. The van der Waals surface area contributed by atoms with E-state index in [0.29, 0.717) is 41.7 Å². The molecule has 41 heavy (non-hydrogen) atoms. The zero-order valence-corrected chi connectivity index (χ0v) is 22.8. The van der Waals surface area contributed by atoms with Gasteiger partial charge in [0, 0.05) is 34.0 Å². The summed E-state index contributed by atoms with van der Waals surface area (Å²) in [5, 5.41) is 10.7. The van der Waals surface area contributed by atoms with Crippen LogP contribution >= 0.6 is 0 Å². The number of nitrogens with zero attached hydrogens (tertiary/aromatic N) is 4. The largest absolute Gasteiger partial charge is 0.477 e. The molecule has 9 nitrogen and oxygen atoms in total. The molecule has 4 heterocycles. The standard InChI is InChI=1S/C32H30N6O3/c1-2-22-14-13-21(17-33-22)27-25(31-38(37-27)18-32(19-41-31)15-8-16-32)29(39)36-28-30(40)34-24-12-7-6-11-23(24)26(35-28)20-9-4-3-5-10-20/h3-7,9-14,17,28H,2,8,15-16,18-19H2,1H3,(H,34,40)(H,36,39)/t28-/m1/s1. The maximum atomic E-state index is 14.1.